The third-order valence-electron chi connectivity index (χ3n) is 3.95. The Morgan fingerprint density at radius 1 is 1.45 bits per heavy atom. The van der Waals surface area contributed by atoms with Gasteiger partial charge in [0, 0.05) is 24.5 Å². The maximum atomic E-state index is 11.3. The van der Waals surface area contributed by atoms with Crippen LogP contribution in [0.15, 0.2) is 18.2 Å². The Labute approximate surface area is 124 Å². The predicted octanol–water partition coefficient (Wildman–Crippen LogP) is 4.49. The normalized spacial score (nSPS) is 19.1. The summed E-state index contributed by atoms with van der Waals surface area (Å²) in [6.45, 7) is 3.07. The summed E-state index contributed by atoms with van der Waals surface area (Å²) in [4.78, 5) is 13.3. The van der Waals surface area contributed by atoms with Gasteiger partial charge in [-0.3, -0.25) is 10.1 Å². The first-order valence-electron chi connectivity index (χ1n) is 7.27. The molecule has 0 aliphatic carbocycles. The minimum atomic E-state index is -0.289. The van der Waals surface area contributed by atoms with Gasteiger partial charge in [0.05, 0.1) is 4.92 Å². The molecular formula is C15H21ClN2O2. The van der Waals surface area contributed by atoms with Crippen LogP contribution in [-0.4, -0.2) is 17.5 Å². The van der Waals surface area contributed by atoms with E-state index in [2.05, 4.69) is 11.8 Å². The van der Waals surface area contributed by atoms with Gasteiger partial charge in [-0.2, -0.15) is 0 Å². The Balaban J connectivity index is 2.36. The van der Waals surface area contributed by atoms with Crippen molar-refractivity contribution in [2.75, 3.05) is 11.4 Å². The van der Waals surface area contributed by atoms with Crippen molar-refractivity contribution in [3.05, 3.63) is 33.9 Å². The molecule has 1 aliphatic rings. The first-order chi connectivity index (χ1) is 9.67. The lowest BCUT2D eigenvalue weighted by atomic mass is 9.97. The number of nitro groups is 1. The van der Waals surface area contributed by atoms with Gasteiger partial charge >= 0.3 is 0 Å². The summed E-state index contributed by atoms with van der Waals surface area (Å²) in [5, 5.41) is 11.3. The van der Waals surface area contributed by atoms with Crippen LogP contribution in [0.4, 0.5) is 11.4 Å². The van der Waals surface area contributed by atoms with Crippen LogP contribution in [0.3, 0.4) is 0 Å². The molecule has 1 heterocycles. The van der Waals surface area contributed by atoms with Crippen molar-refractivity contribution in [2.45, 2.75) is 50.9 Å². The third-order valence-corrected chi connectivity index (χ3v) is 4.26. The van der Waals surface area contributed by atoms with E-state index in [9.17, 15) is 10.1 Å². The molecule has 0 saturated carbocycles. The van der Waals surface area contributed by atoms with E-state index in [1.54, 1.807) is 6.07 Å². The fourth-order valence-corrected chi connectivity index (χ4v) is 3.16. The van der Waals surface area contributed by atoms with Crippen molar-refractivity contribution < 1.29 is 4.92 Å². The number of rotatable bonds is 5. The Bertz CT molecular complexity index is 477. The molecule has 1 saturated heterocycles. The lowest BCUT2D eigenvalue weighted by molar-refractivity contribution is -0.384. The van der Waals surface area contributed by atoms with Crippen LogP contribution in [0.5, 0.6) is 0 Å². The number of benzene rings is 1. The summed E-state index contributed by atoms with van der Waals surface area (Å²) in [5.74, 6) is 0.305. The summed E-state index contributed by atoms with van der Waals surface area (Å²) < 4.78 is 0. The SMILES string of the molecule is CCCC1CCCCN1c1ccc(CCl)cc1[N+](=O)[O-]. The average molecular weight is 297 g/mol. The Hall–Kier alpha value is -1.29. The van der Waals surface area contributed by atoms with Gasteiger partial charge in [-0.25, -0.2) is 0 Å². The zero-order valence-corrected chi connectivity index (χ0v) is 12.6. The first-order valence-corrected chi connectivity index (χ1v) is 7.80. The molecule has 1 unspecified atom stereocenters. The molecule has 1 atom stereocenters. The summed E-state index contributed by atoms with van der Waals surface area (Å²) in [7, 11) is 0. The van der Waals surface area contributed by atoms with E-state index in [1.165, 1.54) is 6.42 Å². The Kier molecular flexibility index (Phi) is 5.24. The topological polar surface area (TPSA) is 46.4 Å². The molecule has 20 heavy (non-hydrogen) atoms. The van der Waals surface area contributed by atoms with Crippen LogP contribution in [0.25, 0.3) is 0 Å². The molecule has 1 aromatic carbocycles. The number of alkyl halides is 1. The molecule has 1 aliphatic heterocycles. The van der Waals surface area contributed by atoms with Gasteiger partial charge in [0.2, 0.25) is 0 Å². The largest absolute Gasteiger partial charge is 0.363 e. The van der Waals surface area contributed by atoms with E-state index in [-0.39, 0.29) is 10.6 Å². The van der Waals surface area contributed by atoms with E-state index in [0.717, 1.165) is 43.5 Å². The van der Waals surface area contributed by atoms with E-state index >= 15 is 0 Å². The van der Waals surface area contributed by atoms with Gasteiger partial charge in [-0.1, -0.05) is 19.4 Å². The third kappa shape index (κ3) is 3.23. The van der Waals surface area contributed by atoms with E-state index in [1.807, 2.05) is 12.1 Å². The number of hydrogen-bond donors (Lipinski definition) is 0. The zero-order chi connectivity index (χ0) is 14.5. The highest BCUT2D eigenvalue weighted by Gasteiger charge is 2.27. The molecule has 1 aromatic rings. The second-order valence-corrected chi connectivity index (χ2v) is 5.61. The van der Waals surface area contributed by atoms with Crippen LogP contribution in [0.2, 0.25) is 0 Å². The molecule has 0 bridgehead atoms. The minimum Gasteiger partial charge on any atom is -0.363 e. The van der Waals surface area contributed by atoms with Gasteiger partial charge in [-0.15, -0.1) is 11.6 Å². The van der Waals surface area contributed by atoms with Crippen LogP contribution < -0.4 is 4.90 Å². The molecule has 1 fully saturated rings. The highest BCUT2D eigenvalue weighted by molar-refractivity contribution is 6.17. The number of nitrogens with zero attached hydrogens (tertiary/aromatic N) is 2. The highest BCUT2D eigenvalue weighted by Crippen LogP contribution is 2.35. The quantitative estimate of drug-likeness (QED) is 0.457. The van der Waals surface area contributed by atoms with E-state index in [0.29, 0.717) is 11.9 Å². The fraction of sp³-hybridized carbons (Fsp3) is 0.600. The maximum absolute atomic E-state index is 11.3. The number of hydrogen-bond acceptors (Lipinski definition) is 3. The van der Waals surface area contributed by atoms with Crippen molar-refractivity contribution in [3.8, 4) is 0 Å². The fourth-order valence-electron chi connectivity index (χ4n) is 2.99. The lowest BCUT2D eigenvalue weighted by Gasteiger charge is -2.37. The van der Waals surface area contributed by atoms with E-state index < -0.39 is 0 Å². The van der Waals surface area contributed by atoms with Crippen molar-refractivity contribution in [1.29, 1.82) is 0 Å². The van der Waals surface area contributed by atoms with Crippen LogP contribution in [0.1, 0.15) is 44.6 Å². The Morgan fingerprint density at radius 3 is 2.90 bits per heavy atom. The number of piperidine rings is 1. The molecule has 5 heteroatoms. The van der Waals surface area contributed by atoms with Crippen LogP contribution in [0, 0.1) is 10.1 Å². The summed E-state index contributed by atoms with van der Waals surface area (Å²) >= 11 is 5.78. The monoisotopic (exact) mass is 296 g/mol. The van der Waals surface area contributed by atoms with Gasteiger partial charge in [0.25, 0.3) is 5.69 Å². The molecule has 0 N–H and O–H groups in total. The van der Waals surface area contributed by atoms with Crippen molar-refractivity contribution in [3.63, 3.8) is 0 Å². The molecule has 0 spiro atoms. The number of nitro benzene ring substituents is 1. The molecule has 2 rings (SSSR count). The van der Waals surface area contributed by atoms with E-state index in [4.69, 9.17) is 11.6 Å². The summed E-state index contributed by atoms with van der Waals surface area (Å²) in [6.07, 6.45) is 5.65. The molecule has 110 valence electrons. The molecule has 0 amide bonds. The second-order valence-electron chi connectivity index (χ2n) is 5.35. The second kappa shape index (κ2) is 6.93. The zero-order valence-electron chi connectivity index (χ0n) is 11.8. The molecule has 0 radical (unpaired) electrons. The average Bonchev–Trinajstić information content (AvgIpc) is 2.47. The van der Waals surface area contributed by atoms with Crippen LogP contribution in [-0.2, 0) is 5.88 Å². The minimum absolute atomic E-state index is 0.186. The maximum Gasteiger partial charge on any atom is 0.292 e. The van der Waals surface area contributed by atoms with Gasteiger partial charge in [0.15, 0.2) is 0 Å². The molecule has 4 nitrogen and oxygen atoms in total. The van der Waals surface area contributed by atoms with Gasteiger partial charge in [-0.05, 0) is 37.3 Å². The number of halogens is 1. The summed E-state index contributed by atoms with van der Waals surface area (Å²) in [5.41, 5.74) is 1.74. The van der Waals surface area contributed by atoms with Crippen molar-refractivity contribution in [1.82, 2.24) is 0 Å². The first kappa shape index (κ1) is 15.1. The van der Waals surface area contributed by atoms with Crippen LogP contribution >= 0.6 is 11.6 Å². The number of anilines is 1. The van der Waals surface area contributed by atoms with Crippen molar-refractivity contribution in [2.24, 2.45) is 0 Å². The highest BCUT2D eigenvalue weighted by atomic mass is 35.5. The summed E-state index contributed by atoms with van der Waals surface area (Å²) in [6, 6.07) is 5.80. The van der Waals surface area contributed by atoms with Crippen molar-refractivity contribution >= 4 is 23.0 Å². The predicted molar refractivity (Wildman–Crippen MR) is 82.5 cm³/mol. The molecular weight excluding hydrogens is 276 g/mol. The standard InChI is InChI=1S/C15H21ClN2O2/c1-2-5-13-6-3-4-9-17(13)14-8-7-12(11-16)10-15(14)18(19)20/h7-8,10,13H,2-6,9,11H2,1H3. The van der Waals surface area contributed by atoms with Gasteiger partial charge in [0.1, 0.15) is 5.69 Å². The smallest absolute Gasteiger partial charge is 0.292 e. The van der Waals surface area contributed by atoms with Gasteiger partial charge < -0.3 is 4.90 Å². The molecule has 0 aromatic heterocycles. The lowest BCUT2D eigenvalue weighted by Crippen LogP contribution is -2.39. The Morgan fingerprint density at radius 2 is 2.25 bits per heavy atom.